The Hall–Kier alpha value is -1.71. The molecule has 2 rings (SSSR count). The van der Waals surface area contributed by atoms with Crippen molar-refractivity contribution in [2.45, 2.75) is 38.8 Å². The average molecular weight is 282 g/mol. The number of hydrogen-bond acceptors (Lipinski definition) is 1. The molecular formula is C16H17F3O. The van der Waals surface area contributed by atoms with E-state index in [1.54, 1.807) is 24.3 Å². The lowest BCUT2D eigenvalue weighted by atomic mass is 9.83. The molecule has 4 heteroatoms. The summed E-state index contributed by atoms with van der Waals surface area (Å²) >= 11 is 0. The summed E-state index contributed by atoms with van der Waals surface area (Å²) in [7, 11) is 0. The molecule has 0 unspecified atom stereocenters. The van der Waals surface area contributed by atoms with Crippen molar-refractivity contribution in [2.24, 2.45) is 0 Å². The number of phenolic OH excluding ortho intramolecular Hbond substituents is 1. The molecule has 0 aliphatic carbocycles. The van der Waals surface area contributed by atoms with Gasteiger partial charge in [-0.15, -0.1) is 0 Å². The summed E-state index contributed by atoms with van der Waals surface area (Å²) in [6, 6.07) is 8.14. The quantitative estimate of drug-likeness (QED) is 0.784. The molecule has 0 aliphatic rings. The van der Waals surface area contributed by atoms with Crippen molar-refractivity contribution in [3.63, 3.8) is 0 Å². The van der Waals surface area contributed by atoms with E-state index in [9.17, 15) is 18.3 Å². The van der Waals surface area contributed by atoms with Gasteiger partial charge in [-0.2, -0.15) is 13.2 Å². The minimum Gasteiger partial charge on any atom is -0.507 e. The maximum Gasteiger partial charge on any atom is 0.393 e. The number of rotatable bonds is 1. The van der Waals surface area contributed by atoms with Crippen molar-refractivity contribution >= 4 is 10.8 Å². The molecule has 20 heavy (non-hydrogen) atoms. The van der Waals surface area contributed by atoms with Crippen LogP contribution in [0.3, 0.4) is 0 Å². The molecule has 0 atom stereocenters. The van der Waals surface area contributed by atoms with Gasteiger partial charge in [-0.25, -0.2) is 0 Å². The first-order chi connectivity index (χ1) is 9.09. The third kappa shape index (κ3) is 2.89. The zero-order valence-electron chi connectivity index (χ0n) is 11.7. The van der Waals surface area contributed by atoms with Gasteiger partial charge >= 0.3 is 6.18 Å². The van der Waals surface area contributed by atoms with Crippen LogP contribution in [-0.2, 0) is 11.8 Å². The smallest absolute Gasteiger partial charge is 0.393 e. The van der Waals surface area contributed by atoms with Crippen LogP contribution in [0, 0.1) is 0 Å². The van der Waals surface area contributed by atoms with Crippen LogP contribution >= 0.6 is 0 Å². The zero-order chi connectivity index (χ0) is 15.1. The van der Waals surface area contributed by atoms with Crippen LogP contribution in [0.1, 0.15) is 31.9 Å². The normalized spacial score (nSPS) is 12.9. The summed E-state index contributed by atoms with van der Waals surface area (Å²) in [5.41, 5.74) is 0.320. The van der Waals surface area contributed by atoms with Crippen molar-refractivity contribution in [3.05, 3.63) is 41.5 Å². The molecule has 1 nitrogen and oxygen atoms in total. The van der Waals surface area contributed by atoms with Gasteiger partial charge in [0.2, 0.25) is 0 Å². The SMILES string of the molecule is CC(C)(C)c1cc(CC(F)(F)F)c2ccccc2c1O. The minimum absolute atomic E-state index is 0.0685. The van der Waals surface area contributed by atoms with Gasteiger partial charge < -0.3 is 5.11 Å². The molecule has 0 amide bonds. The van der Waals surface area contributed by atoms with Gasteiger partial charge in [0.15, 0.2) is 0 Å². The highest BCUT2D eigenvalue weighted by Gasteiger charge is 2.30. The molecular weight excluding hydrogens is 265 g/mol. The first-order valence-corrected chi connectivity index (χ1v) is 6.40. The number of hydrogen-bond donors (Lipinski definition) is 1. The molecule has 0 heterocycles. The Morgan fingerprint density at radius 2 is 1.55 bits per heavy atom. The second-order valence-electron chi connectivity index (χ2n) is 6.02. The fraction of sp³-hybridized carbons (Fsp3) is 0.375. The van der Waals surface area contributed by atoms with E-state index in [2.05, 4.69) is 0 Å². The summed E-state index contributed by atoms with van der Waals surface area (Å²) in [5.74, 6) is 0.0685. The van der Waals surface area contributed by atoms with E-state index in [0.29, 0.717) is 16.3 Å². The number of alkyl halides is 3. The highest BCUT2D eigenvalue weighted by atomic mass is 19.4. The summed E-state index contributed by atoms with van der Waals surface area (Å²) in [6.07, 6.45) is -5.26. The lowest BCUT2D eigenvalue weighted by Crippen LogP contribution is -2.15. The van der Waals surface area contributed by atoms with Gasteiger partial charge in [-0.05, 0) is 16.4 Å². The van der Waals surface area contributed by atoms with Gasteiger partial charge in [0.1, 0.15) is 5.75 Å². The number of fused-ring (bicyclic) bond motifs is 1. The Bertz CT molecular complexity index is 636. The maximum atomic E-state index is 12.7. The first kappa shape index (κ1) is 14.7. The molecule has 0 radical (unpaired) electrons. The van der Waals surface area contributed by atoms with Crippen LogP contribution in [0.15, 0.2) is 30.3 Å². The van der Waals surface area contributed by atoms with E-state index in [1.807, 2.05) is 20.8 Å². The Morgan fingerprint density at radius 1 is 1.00 bits per heavy atom. The predicted molar refractivity (Wildman–Crippen MR) is 74.1 cm³/mol. The molecule has 0 aliphatic heterocycles. The van der Waals surface area contributed by atoms with Crippen LogP contribution in [0.4, 0.5) is 13.2 Å². The molecule has 2 aromatic carbocycles. The van der Waals surface area contributed by atoms with E-state index in [-0.39, 0.29) is 11.3 Å². The third-order valence-electron chi connectivity index (χ3n) is 3.30. The first-order valence-electron chi connectivity index (χ1n) is 6.40. The van der Waals surface area contributed by atoms with Crippen molar-refractivity contribution < 1.29 is 18.3 Å². The topological polar surface area (TPSA) is 20.2 Å². The van der Waals surface area contributed by atoms with Crippen molar-refractivity contribution in [3.8, 4) is 5.75 Å². The van der Waals surface area contributed by atoms with Crippen LogP contribution in [-0.4, -0.2) is 11.3 Å². The van der Waals surface area contributed by atoms with Gasteiger partial charge in [-0.3, -0.25) is 0 Å². The zero-order valence-corrected chi connectivity index (χ0v) is 11.7. The largest absolute Gasteiger partial charge is 0.507 e. The summed E-state index contributed by atoms with van der Waals surface area (Å²) < 4.78 is 38.2. The second kappa shape index (κ2) is 4.69. The van der Waals surface area contributed by atoms with Gasteiger partial charge in [-0.1, -0.05) is 51.1 Å². The maximum absolute atomic E-state index is 12.7. The summed E-state index contributed by atoms with van der Waals surface area (Å²) in [5, 5.41) is 11.3. The molecule has 108 valence electrons. The Kier molecular flexibility index (Phi) is 3.44. The Morgan fingerprint density at radius 3 is 2.05 bits per heavy atom. The van der Waals surface area contributed by atoms with Crippen molar-refractivity contribution in [1.29, 1.82) is 0 Å². The Balaban J connectivity index is 2.76. The lowest BCUT2D eigenvalue weighted by molar-refractivity contribution is -0.127. The fourth-order valence-corrected chi connectivity index (χ4v) is 2.37. The van der Waals surface area contributed by atoms with E-state index < -0.39 is 18.0 Å². The number of halogens is 3. The van der Waals surface area contributed by atoms with Gasteiger partial charge in [0.25, 0.3) is 0 Å². The van der Waals surface area contributed by atoms with Crippen LogP contribution in [0.2, 0.25) is 0 Å². The van der Waals surface area contributed by atoms with Crippen molar-refractivity contribution in [1.82, 2.24) is 0 Å². The van der Waals surface area contributed by atoms with E-state index >= 15 is 0 Å². The molecule has 0 spiro atoms. The molecule has 2 aromatic rings. The number of phenols is 1. The van der Waals surface area contributed by atoms with E-state index in [4.69, 9.17) is 0 Å². The molecule has 0 saturated carbocycles. The average Bonchev–Trinajstić information content (AvgIpc) is 2.30. The second-order valence-corrected chi connectivity index (χ2v) is 6.02. The molecule has 1 N–H and O–H groups in total. The lowest BCUT2D eigenvalue weighted by Gasteiger charge is -2.23. The molecule has 0 saturated heterocycles. The fourth-order valence-electron chi connectivity index (χ4n) is 2.37. The Labute approximate surface area is 116 Å². The highest BCUT2D eigenvalue weighted by Crippen LogP contribution is 2.39. The summed E-state index contributed by atoms with van der Waals surface area (Å²) in [6.45, 7) is 5.61. The van der Waals surface area contributed by atoms with Crippen LogP contribution in [0.5, 0.6) is 5.75 Å². The van der Waals surface area contributed by atoms with Crippen LogP contribution < -0.4 is 0 Å². The third-order valence-corrected chi connectivity index (χ3v) is 3.30. The predicted octanol–water partition coefficient (Wildman–Crippen LogP) is 4.95. The highest BCUT2D eigenvalue weighted by molar-refractivity contribution is 5.92. The summed E-state index contributed by atoms with van der Waals surface area (Å²) in [4.78, 5) is 0. The molecule has 0 bridgehead atoms. The molecule has 0 fully saturated rings. The number of benzene rings is 2. The van der Waals surface area contributed by atoms with Crippen molar-refractivity contribution in [2.75, 3.05) is 0 Å². The number of aromatic hydroxyl groups is 1. The van der Waals surface area contributed by atoms with Gasteiger partial charge in [0.05, 0.1) is 6.42 Å². The van der Waals surface area contributed by atoms with Crippen LogP contribution in [0.25, 0.3) is 10.8 Å². The minimum atomic E-state index is -4.27. The standard InChI is InChI=1S/C16H17F3O/c1-15(2,3)13-8-10(9-16(17,18)19)11-6-4-5-7-12(11)14(13)20/h4-8,20H,9H2,1-3H3. The molecule has 0 aromatic heterocycles. The van der Waals surface area contributed by atoms with Gasteiger partial charge in [0, 0.05) is 10.9 Å². The van der Waals surface area contributed by atoms with E-state index in [0.717, 1.165) is 0 Å². The van der Waals surface area contributed by atoms with E-state index in [1.165, 1.54) is 6.07 Å². The monoisotopic (exact) mass is 282 g/mol.